The Morgan fingerprint density at radius 1 is 0.974 bits per heavy atom. The number of fused-ring (bicyclic) bond motifs is 1. The van der Waals surface area contributed by atoms with Crippen molar-refractivity contribution in [1.82, 2.24) is 14.5 Å². The molecule has 0 fully saturated rings. The summed E-state index contributed by atoms with van der Waals surface area (Å²) in [4.78, 5) is 34.4. The van der Waals surface area contributed by atoms with Crippen molar-refractivity contribution in [2.45, 2.75) is 39.7 Å². The van der Waals surface area contributed by atoms with Crippen molar-refractivity contribution in [3.8, 4) is 17.2 Å². The molecule has 198 valence electrons. The zero-order valence-electron chi connectivity index (χ0n) is 22.5. The molecular weight excluding hydrogens is 478 g/mol. The summed E-state index contributed by atoms with van der Waals surface area (Å²) in [6, 6.07) is 23.5. The van der Waals surface area contributed by atoms with Gasteiger partial charge in [0.15, 0.2) is 6.61 Å². The fraction of sp³-hybridized carbons (Fsp3) is 0.323. The largest absolute Gasteiger partial charge is 0.495 e. The summed E-state index contributed by atoms with van der Waals surface area (Å²) >= 11 is 0. The SMILES string of the molecule is CCC(c1nc2ccccc2c(=O)n1-c1ccccc1OC)N(CCC(C)C)C(=O)COc1ccccc1. The quantitative estimate of drug-likeness (QED) is 0.253. The van der Waals surface area contributed by atoms with Gasteiger partial charge in [-0.1, -0.05) is 63.2 Å². The van der Waals surface area contributed by atoms with Crippen LogP contribution in [-0.2, 0) is 4.79 Å². The zero-order chi connectivity index (χ0) is 27.1. The summed E-state index contributed by atoms with van der Waals surface area (Å²) in [5.74, 6) is 1.91. The monoisotopic (exact) mass is 513 g/mol. The number of ether oxygens (including phenoxy) is 2. The van der Waals surface area contributed by atoms with Crippen molar-refractivity contribution in [2.24, 2.45) is 5.92 Å². The molecule has 7 nitrogen and oxygen atoms in total. The Kier molecular flexibility index (Phi) is 8.79. The van der Waals surface area contributed by atoms with Crippen LogP contribution in [-0.4, -0.2) is 40.6 Å². The van der Waals surface area contributed by atoms with E-state index < -0.39 is 6.04 Å². The number of methoxy groups -OCH3 is 1. The number of para-hydroxylation sites is 4. The Hall–Kier alpha value is -4.13. The van der Waals surface area contributed by atoms with Gasteiger partial charge in [0.2, 0.25) is 0 Å². The molecule has 1 unspecified atom stereocenters. The lowest BCUT2D eigenvalue weighted by atomic mass is 10.1. The number of nitrogens with zero attached hydrogens (tertiary/aromatic N) is 3. The first-order chi connectivity index (χ1) is 18.4. The molecule has 4 rings (SSSR count). The highest BCUT2D eigenvalue weighted by Gasteiger charge is 2.30. The minimum Gasteiger partial charge on any atom is -0.495 e. The van der Waals surface area contributed by atoms with Crippen molar-refractivity contribution in [1.29, 1.82) is 0 Å². The van der Waals surface area contributed by atoms with E-state index in [4.69, 9.17) is 14.5 Å². The van der Waals surface area contributed by atoms with Crippen molar-refractivity contribution in [3.05, 3.63) is 95.0 Å². The maximum atomic E-state index is 13.9. The van der Waals surface area contributed by atoms with Crippen LogP contribution in [0.3, 0.4) is 0 Å². The van der Waals surface area contributed by atoms with E-state index in [0.717, 1.165) is 6.42 Å². The highest BCUT2D eigenvalue weighted by atomic mass is 16.5. The van der Waals surface area contributed by atoms with Gasteiger partial charge >= 0.3 is 0 Å². The number of carbonyl (C=O) groups is 1. The Labute approximate surface area is 223 Å². The van der Waals surface area contributed by atoms with Crippen LogP contribution in [0.25, 0.3) is 16.6 Å². The van der Waals surface area contributed by atoms with Gasteiger partial charge in [-0.2, -0.15) is 0 Å². The maximum Gasteiger partial charge on any atom is 0.266 e. The first-order valence-corrected chi connectivity index (χ1v) is 13.1. The molecule has 4 aromatic rings. The van der Waals surface area contributed by atoms with Gasteiger partial charge in [-0.25, -0.2) is 4.98 Å². The summed E-state index contributed by atoms with van der Waals surface area (Å²) in [7, 11) is 1.58. The summed E-state index contributed by atoms with van der Waals surface area (Å²) in [5, 5.41) is 0.504. The van der Waals surface area contributed by atoms with Crippen molar-refractivity contribution < 1.29 is 14.3 Å². The molecule has 0 aliphatic carbocycles. The fourth-order valence-electron chi connectivity index (χ4n) is 4.56. The van der Waals surface area contributed by atoms with Gasteiger partial charge < -0.3 is 14.4 Å². The zero-order valence-corrected chi connectivity index (χ0v) is 22.5. The Morgan fingerprint density at radius 3 is 2.37 bits per heavy atom. The van der Waals surface area contributed by atoms with Gasteiger partial charge in [-0.3, -0.25) is 14.2 Å². The number of amides is 1. The van der Waals surface area contributed by atoms with E-state index in [2.05, 4.69) is 13.8 Å². The Bertz CT molecular complexity index is 1430. The minimum atomic E-state index is -0.456. The number of carbonyl (C=O) groups excluding carboxylic acids is 1. The number of rotatable bonds is 11. The predicted molar refractivity (Wildman–Crippen MR) is 150 cm³/mol. The molecule has 0 saturated carbocycles. The number of hydrogen-bond acceptors (Lipinski definition) is 5. The standard InChI is InChI=1S/C31H35N3O4/c1-5-26(33(20-19-22(2)3)29(35)21-38-23-13-7-6-8-14-23)30-32-25-16-10-9-15-24(25)31(36)34(30)27-17-11-12-18-28(27)37-4/h6-18,22,26H,5,19-21H2,1-4H3. The molecule has 7 heteroatoms. The van der Waals surface area contributed by atoms with E-state index in [1.54, 1.807) is 17.7 Å². The topological polar surface area (TPSA) is 73.7 Å². The van der Waals surface area contributed by atoms with Gasteiger partial charge in [0, 0.05) is 6.54 Å². The second-order valence-electron chi connectivity index (χ2n) is 9.59. The van der Waals surface area contributed by atoms with Gasteiger partial charge in [-0.05, 0) is 55.2 Å². The summed E-state index contributed by atoms with van der Waals surface area (Å²) in [6.07, 6.45) is 1.37. The van der Waals surface area contributed by atoms with E-state index in [9.17, 15) is 9.59 Å². The summed E-state index contributed by atoms with van der Waals surface area (Å²) in [5.41, 5.74) is 0.975. The molecule has 0 aliphatic heterocycles. The first kappa shape index (κ1) is 26.9. The molecule has 0 aliphatic rings. The second-order valence-corrected chi connectivity index (χ2v) is 9.59. The normalized spacial score (nSPS) is 11.9. The second kappa shape index (κ2) is 12.4. The lowest BCUT2D eigenvalue weighted by molar-refractivity contribution is -0.136. The van der Waals surface area contributed by atoms with Crippen molar-refractivity contribution >= 4 is 16.8 Å². The average Bonchev–Trinajstić information content (AvgIpc) is 2.94. The highest BCUT2D eigenvalue weighted by molar-refractivity contribution is 5.80. The lowest BCUT2D eigenvalue weighted by Gasteiger charge is -2.33. The highest BCUT2D eigenvalue weighted by Crippen LogP contribution is 2.30. The smallest absolute Gasteiger partial charge is 0.266 e. The van der Waals surface area contributed by atoms with Gasteiger partial charge in [0.05, 0.1) is 29.7 Å². The predicted octanol–water partition coefficient (Wildman–Crippen LogP) is 5.80. The summed E-state index contributed by atoms with van der Waals surface area (Å²) < 4.78 is 13.1. The van der Waals surface area contributed by atoms with Gasteiger partial charge in [0.1, 0.15) is 17.3 Å². The average molecular weight is 514 g/mol. The van der Waals surface area contributed by atoms with Crippen LogP contribution in [0.2, 0.25) is 0 Å². The van der Waals surface area contributed by atoms with Crippen LogP contribution in [0.5, 0.6) is 11.5 Å². The molecule has 0 spiro atoms. The molecule has 1 aromatic heterocycles. The summed E-state index contributed by atoms with van der Waals surface area (Å²) in [6.45, 7) is 6.67. The molecule has 1 atom stereocenters. The van der Waals surface area contributed by atoms with Gasteiger partial charge in [0.25, 0.3) is 11.5 Å². The molecule has 1 amide bonds. The van der Waals surface area contributed by atoms with E-state index in [-0.39, 0.29) is 18.1 Å². The Morgan fingerprint density at radius 2 is 1.66 bits per heavy atom. The third kappa shape index (κ3) is 5.88. The molecule has 0 radical (unpaired) electrons. The third-order valence-corrected chi connectivity index (χ3v) is 6.56. The van der Waals surface area contributed by atoms with Crippen molar-refractivity contribution in [3.63, 3.8) is 0 Å². The molecule has 1 heterocycles. The molecular formula is C31H35N3O4. The van der Waals surface area contributed by atoms with Crippen LogP contribution < -0.4 is 15.0 Å². The number of aromatic nitrogens is 2. The Balaban J connectivity index is 1.84. The van der Waals surface area contributed by atoms with E-state index >= 15 is 0 Å². The van der Waals surface area contributed by atoms with Crippen LogP contribution in [0.15, 0.2) is 83.7 Å². The van der Waals surface area contributed by atoms with Crippen LogP contribution in [0.1, 0.15) is 45.5 Å². The number of benzene rings is 3. The minimum absolute atomic E-state index is 0.106. The fourth-order valence-corrected chi connectivity index (χ4v) is 4.56. The van der Waals surface area contributed by atoms with Crippen molar-refractivity contribution in [2.75, 3.05) is 20.3 Å². The molecule has 38 heavy (non-hydrogen) atoms. The van der Waals surface area contributed by atoms with Gasteiger partial charge in [-0.15, -0.1) is 0 Å². The lowest BCUT2D eigenvalue weighted by Crippen LogP contribution is -2.41. The molecule has 0 saturated heterocycles. The van der Waals surface area contributed by atoms with E-state index in [1.165, 1.54) is 0 Å². The number of hydrogen-bond donors (Lipinski definition) is 0. The van der Waals surface area contributed by atoms with E-state index in [1.807, 2.05) is 84.6 Å². The van der Waals surface area contributed by atoms with Crippen LogP contribution in [0, 0.1) is 5.92 Å². The maximum absolute atomic E-state index is 13.9. The van der Waals surface area contributed by atoms with Crippen LogP contribution in [0.4, 0.5) is 0 Å². The third-order valence-electron chi connectivity index (χ3n) is 6.56. The molecule has 0 bridgehead atoms. The molecule has 0 N–H and O–H groups in total. The van der Waals surface area contributed by atoms with Crippen LogP contribution >= 0.6 is 0 Å². The molecule has 3 aromatic carbocycles. The first-order valence-electron chi connectivity index (χ1n) is 13.1. The van der Waals surface area contributed by atoms with E-state index in [0.29, 0.717) is 52.8 Å².